The first-order chi connectivity index (χ1) is 23.5. The van der Waals surface area contributed by atoms with E-state index in [9.17, 15) is 9.90 Å². The summed E-state index contributed by atoms with van der Waals surface area (Å²) in [5.41, 5.74) is 9.04. The second-order valence-electron chi connectivity index (χ2n) is 16.8. The van der Waals surface area contributed by atoms with Crippen LogP contribution in [0.3, 0.4) is 0 Å². The second kappa shape index (κ2) is 16.5. The number of aliphatic hydroxyl groups is 1. The number of carbonyl (C=O) groups excluding carboxylic acids is 1. The monoisotopic (exact) mass is 881 g/mol. The fraction of sp³-hybridized carbons (Fsp3) is 0.478. The Bertz CT molecular complexity index is 1850. The number of nitrogens with zero attached hydrogens (tertiary/aromatic N) is 1. The molecule has 1 aliphatic carbocycles. The van der Waals surface area contributed by atoms with Gasteiger partial charge in [-0.1, -0.05) is 119 Å². The van der Waals surface area contributed by atoms with Gasteiger partial charge in [-0.05, 0) is 75.4 Å². The molecule has 0 fully saturated rings. The first-order valence-corrected chi connectivity index (χ1v) is 19.6. The first-order valence-electron chi connectivity index (χ1n) is 18.7. The van der Waals surface area contributed by atoms with Crippen LogP contribution in [0.1, 0.15) is 122 Å². The van der Waals surface area contributed by atoms with Crippen LogP contribution >= 0.6 is 11.8 Å². The number of benzene rings is 3. The third kappa shape index (κ3) is 8.27. The maximum atomic E-state index is 12.3. The Kier molecular flexibility index (Phi) is 13.3. The van der Waals surface area contributed by atoms with Crippen molar-refractivity contribution in [1.82, 2.24) is 4.98 Å². The third-order valence-electron chi connectivity index (χ3n) is 11.0. The Balaban J connectivity index is 0.000000255. The number of rotatable bonds is 9. The molecule has 2 aliphatic rings. The minimum Gasteiger partial charge on any atom is -0.512 e. The molecule has 2 atom stereocenters. The molecule has 1 radical (unpaired) electrons. The molecule has 0 saturated heterocycles. The Morgan fingerprint density at radius 1 is 0.824 bits per heavy atom. The maximum absolute atomic E-state index is 12.3. The molecule has 275 valence electrons. The van der Waals surface area contributed by atoms with Crippen molar-refractivity contribution < 1.29 is 30.0 Å². The predicted octanol–water partition coefficient (Wildman–Crippen LogP) is 12.9. The van der Waals surface area contributed by atoms with Crippen molar-refractivity contribution in [3.63, 3.8) is 0 Å². The average molecular weight is 881 g/mol. The molecule has 2 unspecified atom stereocenters. The van der Waals surface area contributed by atoms with Crippen molar-refractivity contribution >= 4 is 28.4 Å². The molecule has 3 nitrogen and oxygen atoms in total. The number of thioether (sulfide) groups is 1. The van der Waals surface area contributed by atoms with Gasteiger partial charge in [0.15, 0.2) is 5.78 Å². The number of aliphatic hydroxyl groups excluding tert-OH is 1. The van der Waals surface area contributed by atoms with E-state index in [2.05, 4.69) is 156 Å². The van der Waals surface area contributed by atoms with Gasteiger partial charge in [-0.3, -0.25) is 9.78 Å². The molecule has 5 heteroatoms. The van der Waals surface area contributed by atoms with Gasteiger partial charge in [0.2, 0.25) is 0 Å². The summed E-state index contributed by atoms with van der Waals surface area (Å²) in [7, 11) is 0. The summed E-state index contributed by atoms with van der Waals surface area (Å²) in [6, 6.07) is 28.0. The van der Waals surface area contributed by atoms with E-state index in [0.717, 1.165) is 11.2 Å². The number of ketones is 1. The standard InChI is InChI=1S/C29H26NS.C17H32O2.Ir/c1-17(2)18-12-14-23-19(16-18)13-15-24(30-23)20-9-7-10-22-26(20)29(3,4)27-21-8-5-6-11-25(21)31-28(22)27;1-10(2)16(11(3)4)14(18)9-15(19)17(12(5)6)13(7)8;/h5-8,10-17,27-28H,1-4H3;9-13,16-18H,1-8H3;/q-1;;/b;14-9-;. The van der Waals surface area contributed by atoms with Gasteiger partial charge in [-0.25, -0.2) is 0 Å². The van der Waals surface area contributed by atoms with Gasteiger partial charge in [-0.2, -0.15) is 0 Å². The fourth-order valence-electron chi connectivity index (χ4n) is 8.89. The van der Waals surface area contributed by atoms with Crippen molar-refractivity contribution in [1.29, 1.82) is 0 Å². The van der Waals surface area contributed by atoms with E-state index >= 15 is 0 Å². The van der Waals surface area contributed by atoms with Gasteiger partial charge in [-0.15, -0.1) is 46.7 Å². The van der Waals surface area contributed by atoms with Gasteiger partial charge in [0, 0.05) is 54.1 Å². The van der Waals surface area contributed by atoms with E-state index in [0.29, 0.717) is 40.8 Å². The number of allylic oxidation sites excluding steroid dienone is 2. The molecule has 0 saturated carbocycles. The summed E-state index contributed by atoms with van der Waals surface area (Å²) >= 11 is 2.03. The summed E-state index contributed by atoms with van der Waals surface area (Å²) in [4.78, 5) is 18.9. The van der Waals surface area contributed by atoms with E-state index in [-0.39, 0.29) is 48.9 Å². The summed E-state index contributed by atoms with van der Waals surface area (Å²) in [6.45, 7) is 25.9. The summed E-state index contributed by atoms with van der Waals surface area (Å²) in [5, 5.41) is 12.0. The van der Waals surface area contributed by atoms with E-state index in [1.807, 2.05) is 11.8 Å². The van der Waals surface area contributed by atoms with Crippen LogP contribution in [-0.2, 0) is 30.3 Å². The normalized spacial score (nSPS) is 17.7. The zero-order valence-corrected chi connectivity index (χ0v) is 35.9. The Morgan fingerprint density at radius 3 is 2.06 bits per heavy atom. The van der Waals surface area contributed by atoms with Crippen LogP contribution < -0.4 is 0 Å². The van der Waals surface area contributed by atoms with Gasteiger partial charge in [0.25, 0.3) is 0 Å². The second-order valence-corrected chi connectivity index (χ2v) is 17.9. The largest absolute Gasteiger partial charge is 0.512 e. The zero-order valence-electron chi connectivity index (χ0n) is 32.7. The number of hydrogen-bond donors (Lipinski definition) is 1. The molecule has 0 amide bonds. The molecule has 6 rings (SSSR count). The summed E-state index contributed by atoms with van der Waals surface area (Å²) in [6.07, 6.45) is 1.48. The number of fused-ring (bicyclic) bond motifs is 6. The van der Waals surface area contributed by atoms with Crippen molar-refractivity contribution in [2.24, 2.45) is 35.5 Å². The van der Waals surface area contributed by atoms with Crippen LogP contribution in [0.2, 0.25) is 0 Å². The molecule has 51 heavy (non-hydrogen) atoms. The topological polar surface area (TPSA) is 50.2 Å². The third-order valence-corrected chi connectivity index (χ3v) is 12.4. The smallest absolute Gasteiger partial charge is 0.162 e. The molecule has 1 aliphatic heterocycles. The molecule has 0 bridgehead atoms. The zero-order chi connectivity index (χ0) is 36.7. The van der Waals surface area contributed by atoms with Gasteiger partial charge >= 0.3 is 0 Å². The first kappa shape index (κ1) is 41.0. The molecule has 0 spiro atoms. The van der Waals surface area contributed by atoms with Gasteiger partial charge in [0.05, 0.1) is 11.3 Å². The SMILES string of the molecule is CC(C)C(C(=O)/C=C(\O)C(C(C)C)C(C)C)C(C)C.CC(C)c1ccc2nc(-c3[c-]ccc4c3C(C)(C)C3c5ccccc5SC43)ccc2c1.[Ir]. The molecule has 3 aromatic carbocycles. The Hall–Kier alpha value is -2.72. The minimum absolute atomic E-state index is 0. The van der Waals surface area contributed by atoms with Crippen LogP contribution in [0.4, 0.5) is 0 Å². The van der Waals surface area contributed by atoms with Crippen molar-refractivity contribution in [2.75, 3.05) is 0 Å². The molecule has 2 heterocycles. The molecular formula is C46H58IrNO2S-. The van der Waals surface area contributed by atoms with Crippen LogP contribution in [-0.4, -0.2) is 15.9 Å². The molecular weight excluding hydrogens is 823 g/mol. The number of aromatic nitrogens is 1. The van der Waals surface area contributed by atoms with E-state index < -0.39 is 0 Å². The number of hydrogen-bond acceptors (Lipinski definition) is 4. The van der Waals surface area contributed by atoms with E-state index in [4.69, 9.17) is 4.98 Å². The Labute approximate surface area is 325 Å². The summed E-state index contributed by atoms with van der Waals surface area (Å²) < 4.78 is 0. The quantitative estimate of drug-likeness (QED) is 0.103. The van der Waals surface area contributed by atoms with Crippen LogP contribution in [0, 0.1) is 41.6 Å². The van der Waals surface area contributed by atoms with Gasteiger partial charge in [0.1, 0.15) is 0 Å². The average Bonchev–Trinajstić information content (AvgIpc) is 3.53. The maximum Gasteiger partial charge on any atom is 0.162 e. The fourth-order valence-corrected chi connectivity index (χ4v) is 10.6. The minimum atomic E-state index is -0.0119. The number of pyridine rings is 1. The van der Waals surface area contributed by atoms with Crippen molar-refractivity contribution in [3.05, 3.63) is 107 Å². The van der Waals surface area contributed by atoms with Crippen LogP contribution in [0.5, 0.6) is 0 Å². The number of carbonyl (C=O) groups is 1. The van der Waals surface area contributed by atoms with E-state index in [1.54, 1.807) is 0 Å². The molecule has 1 N–H and O–H groups in total. The Morgan fingerprint density at radius 2 is 1.45 bits per heavy atom. The molecule has 1 aromatic heterocycles. The van der Waals surface area contributed by atoms with Crippen molar-refractivity contribution in [2.45, 2.75) is 110 Å². The van der Waals surface area contributed by atoms with Crippen LogP contribution in [0.15, 0.2) is 83.5 Å². The van der Waals surface area contributed by atoms with E-state index in [1.165, 1.54) is 44.2 Å². The predicted molar refractivity (Wildman–Crippen MR) is 213 cm³/mol. The van der Waals surface area contributed by atoms with Crippen molar-refractivity contribution in [3.8, 4) is 11.3 Å². The summed E-state index contributed by atoms with van der Waals surface area (Å²) in [5.74, 6) is 2.64. The van der Waals surface area contributed by atoms with Gasteiger partial charge < -0.3 is 5.11 Å². The molecule has 4 aromatic rings. The van der Waals surface area contributed by atoms with Crippen LogP contribution in [0.25, 0.3) is 22.2 Å².